The SMILES string of the molecule is O.O=C([O-])c1cccc([N+](=O)[O-])c1C(=O)O.Oc1cccc2ccc[nH+]c12. The Morgan fingerprint density at radius 3 is 2.22 bits per heavy atom. The number of carbonyl (C=O) groups excluding carboxylic acids is 1. The zero-order valence-electron chi connectivity index (χ0n) is 13.6. The number of hydrogen-bond acceptors (Lipinski definition) is 6. The topological polar surface area (TPSA) is 186 Å². The Morgan fingerprint density at radius 1 is 1.04 bits per heavy atom. The number of aromatic hydroxyl groups is 1. The first-order valence-corrected chi connectivity index (χ1v) is 7.13. The number of nitrogens with zero attached hydrogens (tertiary/aromatic N) is 1. The van der Waals surface area contributed by atoms with Gasteiger partial charge in [-0.25, -0.2) is 9.78 Å². The number of H-pyrrole nitrogens is 1. The molecule has 2 aromatic carbocycles. The van der Waals surface area contributed by atoms with Crippen LogP contribution >= 0.6 is 0 Å². The maximum atomic E-state index is 10.7. The van der Waals surface area contributed by atoms with Gasteiger partial charge in [0, 0.05) is 17.7 Å². The highest BCUT2D eigenvalue weighted by Crippen LogP contribution is 2.21. The van der Waals surface area contributed by atoms with Gasteiger partial charge in [0.1, 0.15) is 5.56 Å². The van der Waals surface area contributed by atoms with Gasteiger partial charge in [-0.3, -0.25) is 10.1 Å². The number of nitrogens with one attached hydrogen (secondary N) is 1. The summed E-state index contributed by atoms with van der Waals surface area (Å²) < 4.78 is 0. The first-order chi connectivity index (χ1) is 12.3. The highest BCUT2D eigenvalue weighted by atomic mass is 16.6. The third kappa shape index (κ3) is 4.74. The van der Waals surface area contributed by atoms with Crippen molar-refractivity contribution >= 4 is 28.5 Å². The second-order valence-corrected chi connectivity index (χ2v) is 4.96. The van der Waals surface area contributed by atoms with E-state index in [4.69, 9.17) is 5.11 Å². The first-order valence-electron chi connectivity index (χ1n) is 7.13. The molecule has 0 saturated carbocycles. The second kappa shape index (κ2) is 8.87. The highest BCUT2D eigenvalue weighted by Gasteiger charge is 2.23. The van der Waals surface area contributed by atoms with E-state index in [0.717, 1.165) is 29.1 Å². The fourth-order valence-electron chi connectivity index (χ4n) is 2.22. The van der Waals surface area contributed by atoms with Crippen molar-refractivity contribution in [3.8, 4) is 5.75 Å². The van der Waals surface area contributed by atoms with E-state index in [1.165, 1.54) is 0 Å². The van der Waals surface area contributed by atoms with Crippen molar-refractivity contribution in [3.63, 3.8) is 0 Å². The van der Waals surface area contributed by atoms with Crippen LogP contribution in [-0.4, -0.2) is 32.6 Å². The smallest absolute Gasteiger partial charge is 0.343 e. The van der Waals surface area contributed by atoms with Gasteiger partial charge in [-0.05, 0) is 18.2 Å². The van der Waals surface area contributed by atoms with Crippen molar-refractivity contribution in [2.24, 2.45) is 0 Å². The van der Waals surface area contributed by atoms with Gasteiger partial charge in [0.15, 0.2) is 11.9 Å². The van der Waals surface area contributed by atoms with Gasteiger partial charge in [0.05, 0.1) is 16.3 Å². The number of carboxylic acid groups (broad SMARTS) is 2. The molecule has 0 saturated heterocycles. The summed E-state index contributed by atoms with van der Waals surface area (Å²) in [4.78, 5) is 33.6. The molecule has 0 fully saturated rings. The summed E-state index contributed by atoms with van der Waals surface area (Å²) in [6.07, 6.45) is 1.79. The number of aromatic carboxylic acids is 2. The summed E-state index contributed by atoms with van der Waals surface area (Å²) in [5.41, 5.74) is -1.57. The minimum Gasteiger partial charge on any atom is -0.545 e. The fourth-order valence-corrected chi connectivity index (χ4v) is 2.22. The molecule has 3 rings (SSSR count). The molecule has 1 heterocycles. The molecule has 0 aliphatic carbocycles. The predicted molar refractivity (Wildman–Crippen MR) is 90.2 cm³/mol. The second-order valence-electron chi connectivity index (χ2n) is 4.96. The molecule has 0 radical (unpaired) electrons. The van der Waals surface area contributed by atoms with Crippen molar-refractivity contribution in [1.29, 1.82) is 0 Å². The van der Waals surface area contributed by atoms with Crippen LogP contribution in [0.25, 0.3) is 10.9 Å². The Morgan fingerprint density at radius 2 is 1.67 bits per heavy atom. The highest BCUT2D eigenvalue weighted by molar-refractivity contribution is 6.03. The molecule has 27 heavy (non-hydrogen) atoms. The number of aromatic amines is 1. The lowest BCUT2D eigenvalue weighted by atomic mass is 10.1. The molecular formula is C17H14N2O8. The summed E-state index contributed by atoms with van der Waals surface area (Å²) in [6, 6.07) is 12.2. The lowest BCUT2D eigenvalue weighted by molar-refractivity contribution is -0.385. The van der Waals surface area contributed by atoms with Gasteiger partial charge in [-0.2, -0.15) is 0 Å². The number of phenolic OH excluding ortho intramolecular Hbond substituents is 1. The molecule has 0 amide bonds. The Balaban J connectivity index is 0.000000270. The lowest BCUT2D eigenvalue weighted by Crippen LogP contribution is -2.25. The summed E-state index contributed by atoms with van der Waals surface area (Å²) >= 11 is 0. The molecule has 10 nitrogen and oxygen atoms in total. The molecule has 0 aliphatic heterocycles. The Hall–Kier alpha value is -4.05. The Bertz CT molecular complexity index is 966. The van der Waals surface area contributed by atoms with Crippen LogP contribution in [0.4, 0.5) is 5.69 Å². The van der Waals surface area contributed by atoms with E-state index in [9.17, 15) is 29.9 Å². The van der Waals surface area contributed by atoms with E-state index in [0.29, 0.717) is 5.75 Å². The average Bonchev–Trinajstić information content (AvgIpc) is 2.62. The number of nitro groups is 1. The number of carbonyl (C=O) groups is 2. The molecule has 3 aromatic rings. The number of aromatic nitrogens is 1. The van der Waals surface area contributed by atoms with Gasteiger partial charge in [0.25, 0.3) is 11.2 Å². The normalized spacial score (nSPS) is 9.48. The van der Waals surface area contributed by atoms with E-state index >= 15 is 0 Å². The van der Waals surface area contributed by atoms with Gasteiger partial charge in [0.2, 0.25) is 0 Å². The van der Waals surface area contributed by atoms with Gasteiger partial charge in [-0.15, -0.1) is 0 Å². The molecule has 0 unspecified atom stereocenters. The number of hydrogen-bond donors (Lipinski definition) is 2. The van der Waals surface area contributed by atoms with E-state index < -0.39 is 33.7 Å². The molecule has 0 spiro atoms. The predicted octanol–water partition coefficient (Wildman–Crippen LogP) is 0.191. The molecule has 0 atom stereocenters. The average molecular weight is 374 g/mol. The number of benzene rings is 2. The summed E-state index contributed by atoms with van der Waals surface area (Å²) in [7, 11) is 0. The zero-order chi connectivity index (χ0) is 19.3. The molecule has 5 N–H and O–H groups in total. The molecule has 10 heteroatoms. The molecule has 0 aliphatic rings. The number of nitro benzene ring substituents is 1. The van der Waals surface area contributed by atoms with Crippen LogP contribution in [-0.2, 0) is 0 Å². The lowest BCUT2D eigenvalue weighted by Gasteiger charge is -2.06. The largest absolute Gasteiger partial charge is 0.545 e. The number of carboxylic acids is 2. The molecule has 1 aromatic heterocycles. The van der Waals surface area contributed by atoms with Crippen LogP contribution in [0.15, 0.2) is 54.7 Å². The van der Waals surface area contributed by atoms with E-state index in [-0.39, 0.29) is 5.48 Å². The summed E-state index contributed by atoms with van der Waals surface area (Å²) in [5, 5.41) is 39.9. The van der Waals surface area contributed by atoms with E-state index in [2.05, 4.69) is 4.98 Å². The van der Waals surface area contributed by atoms with Gasteiger partial charge >= 0.3 is 5.97 Å². The zero-order valence-corrected chi connectivity index (χ0v) is 13.6. The number of phenols is 1. The maximum Gasteiger partial charge on any atom is 0.343 e. The molecule has 140 valence electrons. The number of fused-ring (bicyclic) bond motifs is 1. The monoisotopic (exact) mass is 374 g/mol. The molecule has 0 bridgehead atoms. The van der Waals surface area contributed by atoms with Gasteiger partial charge < -0.3 is 25.6 Å². The van der Waals surface area contributed by atoms with Crippen molar-refractivity contribution < 1.29 is 40.3 Å². The van der Waals surface area contributed by atoms with Crippen LogP contribution in [0, 0.1) is 10.1 Å². The minimum atomic E-state index is -1.77. The van der Waals surface area contributed by atoms with E-state index in [1.807, 2.05) is 24.3 Å². The third-order valence-electron chi connectivity index (χ3n) is 3.35. The Kier molecular flexibility index (Phi) is 6.90. The van der Waals surface area contributed by atoms with Crippen molar-refractivity contribution in [2.75, 3.05) is 0 Å². The maximum absolute atomic E-state index is 10.7. The van der Waals surface area contributed by atoms with Crippen LogP contribution in [0.5, 0.6) is 5.75 Å². The van der Waals surface area contributed by atoms with Crippen LogP contribution < -0.4 is 10.1 Å². The first kappa shape index (κ1) is 21.0. The van der Waals surface area contributed by atoms with Crippen LogP contribution in [0.3, 0.4) is 0 Å². The van der Waals surface area contributed by atoms with Crippen molar-refractivity contribution in [2.45, 2.75) is 0 Å². The number of rotatable bonds is 3. The van der Waals surface area contributed by atoms with E-state index in [1.54, 1.807) is 12.3 Å². The third-order valence-corrected chi connectivity index (χ3v) is 3.35. The van der Waals surface area contributed by atoms with Crippen molar-refractivity contribution in [1.82, 2.24) is 0 Å². The molecular weight excluding hydrogens is 360 g/mol. The number of pyridine rings is 1. The van der Waals surface area contributed by atoms with Crippen LogP contribution in [0.1, 0.15) is 20.7 Å². The quantitative estimate of drug-likeness (QED) is 0.483. The summed E-state index contributed by atoms with van der Waals surface area (Å²) in [5.74, 6) is -3.15. The van der Waals surface area contributed by atoms with Gasteiger partial charge in [-0.1, -0.05) is 18.2 Å². The van der Waals surface area contributed by atoms with Crippen LogP contribution in [0.2, 0.25) is 0 Å². The van der Waals surface area contributed by atoms with Crippen molar-refractivity contribution in [3.05, 3.63) is 76.0 Å². The number of para-hydroxylation sites is 1. The summed E-state index contributed by atoms with van der Waals surface area (Å²) in [6.45, 7) is 0. The standard InChI is InChI=1S/C9H7NO.C8H5NO6.H2O/c11-8-5-1-3-7-4-2-6-10-9(7)8;10-7(11)4-2-1-3-5(9(14)15)6(4)8(12)13;/h1-6,11H;1-3H,(H,10,11)(H,12,13);1H2. The Labute approximate surface area is 151 Å². The minimum absolute atomic E-state index is 0. The fraction of sp³-hybridized carbons (Fsp3) is 0.